The van der Waals surface area contributed by atoms with E-state index in [4.69, 9.17) is 4.52 Å². The average molecular weight is 237 g/mol. The average Bonchev–Trinajstić information content (AvgIpc) is 2.56. The van der Waals surface area contributed by atoms with Crippen molar-refractivity contribution in [3.63, 3.8) is 0 Å². The van der Waals surface area contributed by atoms with Crippen LogP contribution in [-0.4, -0.2) is 29.4 Å². The second-order valence-corrected chi connectivity index (χ2v) is 3.45. The molecule has 0 saturated carbocycles. The predicted octanol–water partition coefficient (Wildman–Crippen LogP) is 1.85. The van der Waals surface area contributed by atoms with Crippen molar-refractivity contribution in [2.24, 2.45) is 0 Å². The lowest BCUT2D eigenvalue weighted by Gasteiger charge is -2.06. The van der Waals surface area contributed by atoms with Gasteiger partial charge in [0, 0.05) is 26.3 Å². The van der Waals surface area contributed by atoms with Gasteiger partial charge < -0.3 is 9.84 Å². The Bertz CT molecular complexity index is 311. The van der Waals surface area contributed by atoms with E-state index in [9.17, 15) is 13.2 Å². The van der Waals surface area contributed by atoms with Crippen LogP contribution in [0.1, 0.15) is 24.6 Å². The summed E-state index contributed by atoms with van der Waals surface area (Å²) in [6.07, 6.45) is -4.16. The molecule has 0 atom stereocenters. The maximum atomic E-state index is 11.8. The molecule has 1 heterocycles. The molecule has 0 aliphatic rings. The van der Waals surface area contributed by atoms with E-state index < -0.39 is 12.6 Å². The third kappa shape index (κ3) is 5.69. The Kier molecular flexibility index (Phi) is 4.72. The highest BCUT2D eigenvalue weighted by Crippen LogP contribution is 2.20. The predicted molar refractivity (Wildman–Crippen MR) is 50.9 cm³/mol. The van der Waals surface area contributed by atoms with E-state index in [1.165, 1.54) is 0 Å². The number of alkyl halides is 3. The lowest BCUT2D eigenvalue weighted by molar-refractivity contribution is -0.135. The summed E-state index contributed by atoms with van der Waals surface area (Å²) in [6.45, 7) is 2.58. The van der Waals surface area contributed by atoms with Crippen molar-refractivity contribution < 1.29 is 17.7 Å². The quantitative estimate of drug-likeness (QED) is 0.767. The minimum atomic E-state index is -4.06. The molecule has 16 heavy (non-hydrogen) atoms. The summed E-state index contributed by atoms with van der Waals surface area (Å²) in [5.41, 5.74) is 0. The van der Waals surface area contributed by atoms with Crippen molar-refractivity contribution in [1.82, 2.24) is 15.5 Å². The Morgan fingerprint density at radius 2 is 2.06 bits per heavy atom. The molecule has 92 valence electrons. The van der Waals surface area contributed by atoms with Gasteiger partial charge in [0.25, 0.3) is 0 Å². The Labute approximate surface area is 91.2 Å². The SMILES string of the molecule is Cc1nc(CCNCCCC(F)(F)F)no1. The maximum Gasteiger partial charge on any atom is 0.389 e. The van der Waals surface area contributed by atoms with Gasteiger partial charge >= 0.3 is 6.18 Å². The van der Waals surface area contributed by atoms with Crippen molar-refractivity contribution in [2.75, 3.05) is 13.1 Å². The van der Waals surface area contributed by atoms with Gasteiger partial charge in [-0.1, -0.05) is 5.16 Å². The summed E-state index contributed by atoms with van der Waals surface area (Å²) < 4.78 is 40.1. The molecular formula is C9H14F3N3O. The lowest BCUT2D eigenvalue weighted by atomic mass is 10.3. The van der Waals surface area contributed by atoms with E-state index in [1.54, 1.807) is 6.92 Å². The molecule has 0 fully saturated rings. The minimum Gasteiger partial charge on any atom is -0.340 e. The molecule has 0 amide bonds. The fourth-order valence-electron chi connectivity index (χ4n) is 1.18. The molecule has 0 aliphatic carbocycles. The van der Waals surface area contributed by atoms with Gasteiger partial charge in [0.15, 0.2) is 5.82 Å². The first-order chi connectivity index (χ1) is 7.47. The van der Waals surface area contributed by atoms with Crippen LogP contribution in [0.25, 0.3) is 0 Å². The van der Waals surface area contributed by atoms with Crippen LogP contribution in [0.15, 0.2) is 4.52 Å². The second-order valence-electron chi connectivity index (χ2n) is 3.45. The molecule has 4 nitrogen and oxygen atoms in total. The van der Waals surface area contributed by atoms with E-state index in [0.29, 0.717) is 31.2 Å². The summed E-state index contributed by atoms with van der Waals surface area (Å²) in [7, 11) is 0. The van der Waals surface area contributed by atoms with Crippen LogP contribution < -0.4 is 5.32 Å². The third-order valence-electron chi connectivity index (χ3n) is 1.91. The molecule has 0 bridgehead atoms. The number of aryl methyl sites for hydroxylation is 1. The van der Waals surface area contributed by atoms with Gasteiger partial charge in [0.1, 0.15) is 0 Å². The van der Waals surface area contributed by atoms with Gasteiger partial charge in [-0.3, -0.25) is 0 Å². The summed E-state index contributed by atoms with van der Waals surface area (Å²) in [5, 5.41) is 6.56. The van der Waals surface area contributed by atoms with Crippen molar-refractivity contribution in [3.8, 4) is 0 Å². The molecule has 0 spiro atoms. The zero-order valence-electron chi connectivity index (χ0n) is 8.97. The Morgan fingerprint density at radius 3 is 2.62 bits per heavy atom. The lowest BCUT2D eigenvalue weighted by Crippen LogP contribution is -2.20. The number of nitrogens with zero attached hydrogens (tertiary/aromatic N) is 2. The smallest absolute Gasteiger partial charge is 0.340 e. The number of nitrogens with one attached hydrogen (secondary N) is 1. The van der Waals surface area contributed by atoms with Crippen molar-refractivity contribution >= 4 is 0 Å². The van der Waals surface area contributed by atoms with Gasteiger partial charge in [-0.05, 0) is 13.0 Å². The topological polar surface area (TPSA) is 51.0 Å². The van der Waals surface area contributed by atoms with Gasteiger partial charge in [0.2, 0.25) is 5.89 Å². The zero-order valence-corrected chi connectivity index (χ0v) is 8.97. The number of aromatic nitrogens is 2. The van der Waals surface area contributed by atoms with Crippen LogP contribution in [0.4, 0.5) is 13.2 Å². The number of halogens is 3. The molecule has 7 heteroatoms. The van der Waals surface area contributed by atoms with E-state index in [1.807, 2.05) is 0 Å². The molecular weight excluding hydrogens is 223 g/mol. The second kappa shape index (κ2) is 5.83. The first-order valence-corrected chi connectivity index (χ1v) is 5.04. The van der Waals surface area contributed by atoms with Gasteiger partial charge in [-0.2, -0.15) is 18.2 Å². The standard InChI is InChI=1S/C9H14F3N3O/c1-7-14-8(15-16-7)3-6-13-5-2-4-9(10,11)12/h13H,2-6H2,1H3. The normalized spacial score (nSPS) is 12.0. The van der Waals surface area contributed by atoms with Crippen molar-refractivity contribution in [3.05, 3.63) is 11.7 Å². The number of hydrogen-bond acceptors (Lipinski definition) is 4. The fraction of sp³-hybridized carbons (Fsp3) is 0.778. The zero-order chi connectivity index (χ0) is 12.0. The van der Waals surface area contributed by atoms with Crippen LogP contribution in [0.3, 0.4) is 0 Å². The van der Waals surface area contributed by atoms with E-state index in [2.05, 4.69) is 15.5 Å². The van der Waals surface area contributed by atoms with Crippen molar-refractivity contribution in [1.29, 1.82) is 0 Å². The summed E-state index contributed by atoms with van der Waals surface area (Å²) in [4.78, 5) is 3.97. The highest BCUT2D eigenvalue weighted by molar-refractivity contribution is 4.84. The highest BCUT2D eigenvalue weighted by atomic mass is 19.4. The molecule has 0 aromatic carbocycles. The van der Waals surface area contributed by atoms with Crippen LogP contribution >= 0.6 is 0 Å². The van der Waals surface area contributed by atoms with E-state index >= 15 is 0 Å². The monoisotopic (exact) mass is 237 g/mol. The summed E-state index contributed by atoms with van der Waals surface area (Å²) >= 11 is 0. The minimum absolute atomic E-state index is 0.0920. The first-order valence-electron chi connectivity index (χ1n) is 5.04. The third-order valence-corrected chi connectivity index (χ3v) is 1.91. The van der Waals surface area contributed by atoms with E-state index in [0.717, 1.165) is 0 Å². The fourth-order valence-corrected chi connectivity index (χ4v) is 1.18. The largest absolute Gasteiger partial charge is 0.389 e. The first kappa shape index (κ1) is 13.0. The number of rotatable bonds is 6. The molecule has 1 aromatic rings. The Balaban J connectivity index is 2.00. The number of hydrogen-bond donors (Lipinski definition) is 1. The molecule has 0 radical (unpaired) electrons. The van der Waals surface area contributed by atoms with Crippen LogP contribution in [0, 0.1) is 6.92 Å². The van der Waals surface area contributed by atoms with Gasteiger partial charge in [-0.15, -0.1) is 0 Å². The maximum absolute atomic E-state index is 11.8. The molecule has 1 aromatic heterocycles. The van der Waals surface area contributed by atoms with Gasteiger partial charge in [0.05, 0.1) is 0 Å². The Morgan fingerprint density at radius 1 is 1.31 bits per heavy atom. The molecule has 0 saturated heterocycles. The van der Waals surface area contributed by atoms with Crippen LogP contribution in [0.5, 0.6) is 0 Å². The molecule has 1 rings (SSSR count). The Hall–Kier alpha value is -1.11. The van der Waals surface area contributed by atoms with E-state index in [-0.39, 0.29) is 6.42 Å². The summed E-state index contributed by atoms with van der Waals surface area (Å²) in [5.74, 6) is 1.06. The van der Waals surface area contributed by atoms with Crippen LogP contribution in [0.2, 0.25) is 0 Å². The van der Waals surface area contributed by atoms with Crippen molar-refractivity contribution in [2.45, 2.75) is 32.4 Å². The molecule has 0 aliphatic heterocycles. The molecule has 0 unspecified atom stereocenters. The molecule has 1 N–H and O–H groups in total. The highest BCUT2D eigenvalue weighted by Gasteiger charge is 2.25. The summed E-state index contributed by atoms with van der Waals surface area (Å²) in [6, 6.07) is 0. The van der Waals surface area contributed by atoms with Crippen LogP contribution in [-0.2, 0) is 6.42 Å². The van der Waals surface area contributed by atoms with Gasteiger partial charge in [-0.25, -0.2) is 0 Å².